The summed E-state index contributed by atoms with van der Waals surface area (Å²) < 4.78 is 18.4. The van der Waals surface area contributed by atoms with E-state index in [1.54, 1.807) is 12.1 Å². The first kappa shape index (κ1) is 18.9. The zero-order chi connectivity index (χ0) is 18.2. The molecule has 1 atom stereocenters. The summed E-state index contributed by atoms with van der Waals surface area (Å²) in [6.45, 7) is 3.99. The third kappa shape index (κ3) is 5.83. The Balaban J connectivity index is 1.58. The predicted molar refractivity (Wildman–Crippen MR) is 102 cm³/mol. The third-order valence-electron chi connectivity index (χ3n) is 4.27. The standard InChI is InChI=1S/C20H23FN2O2S/c21-17-6-8-18(9-7-17)26-15-20(24)22-19(16-4-2-1-3-5-16)14-23-10-12-25-13-11-23/h1-9,19H,10-15H2,(H,22,24)/t19-/m0/s1. The van der Waals surface area contributed by atoms with Crippen molar-refractivity contribution in [3.8, 4) is 0 Å². The van der Waals surface area contributed by atoms with Gasteiger partial charge in [0, 0.05) is 24.5 Å². The largest absolute Gasteiger partial charge is 0.379 e. The average molecular weight is 374 g/mol. The molecular weight excluding hydrogens is 351 g/mol. The SMILES string of the molecule is O=C(CSc1ccc(F)cc1)N[C@@H](CN1CCOCC1)c1ccccc1. The molecule has 1 amide bonds. The van der Waals surface area contributed by atoms with Crippen LogP contribution in [0.4, 0.5) is 4.39 Å². The van der Waals surface area contributed by atoms with Gasteiger partial charge in [-0.2, -0.15) is 0 Å². The van der Waals surface area contributed by atoms with E-state index in [1.807, 2.05) is 30.3 Å². The smallest absolute Gasteiger partial charge is 0.230 e. The molecule has 1 heterocycles. The van der Waals surface area contributed by atoms with Gasteiger partial charge in [0.1, 0.15) is 5.82 Å². The summed E-state index contributed by atoms with van der Waals surface area (Å²) in [6.07, 6.45) is 0. The molecule has 1 aliphatic heterocycles. The summed E-state index contributed by atoms with van der Waals surface area (Å²) in [5.41, 5.74) is 1.10. The second-order valence-corrected chi connectivity index (χ2v) is 7.24. The topological polar surface area (TPSA) is 41.6 Å². The number of nitrogens with zero attached hydrogens (tertiary/aromatic N) is 1. The number of morpholine rings is 1. The number of carbonyl (C=O) groups excluding carboxylic acids is 1. The highest BCUT2D eigenvalue weighted by molar-refractivity contribution is 8.00. The number of nitrogens with one attached hydrogen (secondary N) is 1. The van der Waals surface area contributed by atoms with Crippen LogP contribution in [-0.4, -0.2) is 49.4 Å². The number of benzene rings is 2. The summed E-state index contributed by atoms with van der Waals surface area (Å²) in [5, 5.41) is 3.15. The number of hydrogen-bond acceptors (Lipinski definition) is 4. The molecule has 6 heteroatoms. The fraction of sp³-hybridized carbons (Fsp3) is 0.350. The Hall–Kier alpha value is -1.89. The molecule has 138 valence electrons. The van der Waals surface area contributed by atoms with Crippen molar-refractivity contribution in [1.29, 1.82) is 0 Å². The molecule has 0 aromatic heterocycles. The molecule has 2 aromatic rings. The molecule has 0 radical (unpaired) electrons. The van der Waals surface area contributed by atoms with Crippen LogP contribution in [0.2, 0.25) is 0 Å². The van der Waals surface area contributed by atoms with Crippen LogP contribution >= 0.6 is 11.8 Å². The minimum atomic E-state index is -0.270. The van der Waals surface area contributed by atoms with E-state index >= 15 is 0 Å². The lowest BCUT2D eigenvalue weighted by atomic mass is 10.1. The van der Waals surface area contributed by atoms with E-state index in [0.717, 1.165) is 43.3 Å². The van der Waals surface area contributed by atoms with Crippen LogP contribution < -0.4 is 5.32 Å². The number of amides is 1. The first-order valence-electron chi connectivity index (χ1n) is 8.73. The maximum atomic E-state index is 13.0. The first-order valence-corrected chi connectivity index (χ1v) is 9.72. The van der Waals surface area contributed by atoms with E-state index in [4.69, 9.17) is 4.74 Å². The van der Waals surface area contributed by atoms with Crippen molar-refractivity contribution in [2.75, 3.05) is 38.6 Å². The van der Waals surface area contributed by atoms with Gasteiger partial charge in [0.25, 0.3) is 0 Å². The molecule has 1 fully saturated rings. The molecule has 1 saturated heterocycles. The van der Waals surface area contributed by atoms with E-state index in [-0.39, 0.29) is 17.8 Å². The van der Waals surface area contributed by atoms with Gasteiger partial charge in [0.05, 0.1) is 25.0 Å². The van der Waals surface area contributed by atoms with Crippen molar-refractivity contribution in [2.45, 2.75) is 10.9 Å². The molecule has 1 aliphatic rings. The average Bonchev–Trinajstić information content (AvgIpc) is 2.68. The second kappa shape index (κ2) is 9.71. The van der Waals surface area contributed by atoms with Crippen LogP contribution in [0.25, 0.3) is 0 Å². The summed E-state index contributed by atoms with van der Waals surface area (Å²) in [6, 6.07) is 16.2. The highest BCUT2D eigenvalue weighted by atomic mass is 32.2. The van der Waals surface area contributed by atoms with E-state index in [0.29, 0.717) is 5.75 Å². The van der Waals surface area contributed by atoms with Crippen LogP contribution in [0.3, 0.4) is 0 Å². The van der Waals surface area contributed by atoms with Gasteiger partial charge < -0.3 is 10.1 Å². The lowest BCUT2D eigenvalue weighted by molar-refractivity contribution is -0.119. The molecule has 0 bridgehead atoms. The number of thioether (sulfide) groups is 1. The molecule has 4 nitrogen and oxygen atoms in total. The highest BCUT2D eigenvalue weighted by Gasteiger charge is 2.20. The van der Waals surface area contributed by atoms with Crippen molar-refractivity contribution in [3.63, 3.8) is 0 Å². The molecule has 0 unspecified atom stereocenters. The van der Waals surface area contributed by atoms with E-state index in [2.05, 4.69) is 10.2 Å². The molecule has 3 rings (SSSR count). The Morgan fingerprint density at radius 2 is 1.81 bits per heavy atom. The van der Waals surface area contributed by atoms with Crippen LogP contribution in [0.15, 0.2) is 59.5 Å². The number of halogens is 1. The fourth-order valence-corrected chi connectivity index (χ4v) is 3.59. The van der Waals surface area contributed by atoms with Gasteiger partial charge in [0.15, 0.2) is 0 Å². The molecule has 0 aliphatic carbocycles. The Labute approximate surface area is 157 Å². The summed E-state index contributed by atoms with van der Waals surface area (Å²) in [5.74, 6) is 0.00725. The van der Waals surface area contributed by atoms with E-state index in [1.165, 1.54) is 23.9 Å². The minimum absolute atomic E-state index is 0.0264. The van der Waals surface area contributed by atoms with Gasteiger partial charge in [-0.3, -0.25) is 9.69 Å². The molecule has 26 heavy (non-hydrogen) atoms. The van der Waals surface area contributed by atoms with E-state index < -0.39 is 0 Å². The molecular formula is C20H23FN2O2S. The second-order valence-electron chi connectivity index (χ2n) is 6.19. The van der Waals surface area contributed by atoms with Crippen molar-refractivity contribution < 1.29 is 13.9 Å². The lowest BCUT2D eigenvalue weighted by Crippen LogP contribution is -2.43. The summed E-state index contributed by atoms with van der Waals surface area (Å²) in [4.78, 5) is 15.7. The zero-order valence-electron chi connectivity index (χ0n) is 14.6. The van der Waals surface area contributed by atoms with Gasteiger partial charge in [-0.05, 0) is 29.8 Å². The fourth-order valence-electron chi connectivity index (χ4n) is 2.88. The Bertz CT molecular complexity index is 691. The predicted octanol–water partition coefficient (Wildman–Crippen LogP) is 3.11. The maximum Gasteiger partial charge on any atom is 0.230 e. The maximum absolute atomic E-state index is 13.0. The Kier molecular flexibility index (Phi) is 7.05. The molecule has 0 spiro atoms. The Morgan fingerprint density at radius 1 is 1.12 bits per heavy atom. The zero-order valence-corrected chi connectivity index (χ0v) is 15.4. The Morgan fingerprint density at radius 3 is 2.50 bits per heavy atom. The van der Waals surface area contributed by atoms with Gasteiger partial charge >= 0.3 is 0 Å². The number of carbonyl (C=O) groups is 1. The first-order chi connectivity index (χ1) is 12.7. The van der Waals surface area contributed by atoms with Crippen LogP contribution in [0.1, 0.15) is 11.6 Å². The molecule has 0 saturated carbocycles. The van der Waals surface area contributed by atoms with Crippen molar-refractivity contribution in [2.24, 2.45) is 0 Å². The molecule has 2 aromatic carbocycles. The number of ether oxygens (including phenoxy) is 1. The van der Waals surface area contributed by atoms with Gasteiger partial charge in [-0.25, -0.2) is 4.39 Å². The van der Waals surface area contributed by atoms with Crippen LogP contribution in [0, 0.1) is 5.82 Å². The lowest BCUT2D eigenvalue weighted by Gasteiger charge is -2.31. The number of rotatable bonds is 7. The molecule has 1 N–H and O–H groups in total. The van der Waals surface area contributed by atoms with Crippen LogP contribution in [-0.2, 0) is 9.53 Å². The number of hydrogen-bond donors (Lipinski definition) is 1. The monoisotopic (exact) mass is 374 g/mol. The summed E-state index contributed by atoms with van der Waals surface area (Å²) >= 11 is 1.41. The summed E-state index contributed by atoms with van der Waals surface area (Å²) in [7, 11) is 0. The van der Waals surface area contributed by atoms with Crippen molar-refractivity contribution in [3.05, 3.63) is 66.0 Å². The van der Waals surface area contributed by atoms with Crippen molar-refractivity contribution >= 4 is 17.7 Å². The normalized spacial score (nSPS) is 16.2. The van der Waals surface area contributed by atoms with Gasteiger partial charge in [-0.1, -0.05) is 30.3 Å². The third-order valence-corrected chi connectivity index (χ3v) is 5.28. The highest BCUT2D eigenvalue weighted by Crippen LogP contribution is 2.19. The van der Waals surface area contributed by atoms with Gasteiger partial charge in [0.2, 0.25) is 5.91 Å². The van der Waals surface area contributed by atoms with E-state index in [9.17, 15) is 9.18 Å². The van der Waals surface area contributed by atoms with Crippen LogP contribution in [0.5, 0.6) is 0 Å². The van der Waals surface area contributed by atoms with Gasteiger partial charge in [-0.15, -0.1) is 11.8 Å². The minimum Gasteiger partial charge on any atom is -0.379 e. The van der Waals surface area contributed by atoms with Crippen molar-refractivity contribution in [1.82, 2.24) is 10.2 Å². The quantitative estimate of drug-likeness (QED) is 0.756.